The maximum Gasteiger partial charge on any atom is 0.142 e. The maximum atomic E-state index is 11.9. The van der Waals surface area contributed by atoms with Gasteiger partial charge in [0.05, 0.1) is 17.6 Å². The summed E-state index contributed by atoms with van der Waals surface area (Å²) in [6.07, 6.45) is 5.16. The van der Waals surface area contributed by atoms with E-state index in [1.54, 1.807) is 0 Å². The van der Waals surface area contributed by atoms with Crippen LogP contribution in [0.5, 0.6) is 0 Å². The quantitative estimate of drug-likeness (QED) is 0.580. The van der Waals surface area contributed by atoms with E-state index in [4.69, 9.17) is 4.74 Å². The second kappa shape index (κ2) is 2.28. The third kappa shape index (κ3) is 0.708. The Kier molecular flexibility index (Phi) is 1.41. The Labute approximate surface area is 82.8 Å². The predicted octanol–water partition coefficient (Wildman–Crippen LogP) is 0.814. The average Bonchev–Trinajstić information content (AvgIpc) is 2.68. The third-order valence-corrected chi connectivity index (χ3v) is 4.13. The highest BCUT2D eigenvalue weighted by Crippen LogP contribution is 2.57. The van der Waals surface area contributed by atoms with Crippen molar-refractivity contribution in [3.8, 4) is 0 Å². The molecule has 4 atom stereocenters. The Morgan fingerprint density at radius 3 is 3.07 bits per heavy atom. The summed E-state index contributed by atoms with van der Waals surface area (Å²) in [7, 11) is 0. The van der Waals surface area contributed by atoms with Crippen molar-refractivity contribution in [3.63, 3.8) is 0 Å². The summed E-state index contributed by atoms with van der Waals surface area (Å²) < 4.78 is 5.77. The number of hydrogen-bond acceptors (Lipinski definition) is 3. The molecule has 3 heteroatoms. The van der Waals surface area contributed by atoms with Gasteiger partial charge in [-0.3, -0.25) is 4.79 Å². The van der Waals surface area contributed by atoms with Crippen molar-refractivity contribution in [2.45, 2.75) is 44.0 Å². The van der Waals surface area contributed by atoms with E-state index < -0.39 is 17.1 Å². The van der Waals surface area contributed by atoms with E-state index >= 15 is 0 Å². The zero-order chi connectivity index (χ0) is 9.97. The lowest BCUT2D eigenvalue weighted by Gasteiger charge is -2.45. The van der Waals surface area contributed by atoms with Crippen LogP contribution in [0.3, 0.4) is 0 Å². The molecule has 1 N–H and O–H groups in total. The lowest BCUT2D eigenvalue weighted by atomic mass is 9.60. The molecule has 2 bridgehead atoms. The number of ether oxygens (including phenoxy) is 1. The molecule has 76 valence electrons. The summed E-state index contributed by atoms with van der Waals surface area (Å²) >= 11 is 0. The Hall–Kier alpha value is -0.670. The van der Waals surface area contributed by atoms with Gasteiger partial charge in [0, 0.05) is 6.42 Å². The molecular formula is C11H14O3. The van der Waals surface area contributed by atoms with Gasteiger partial charge in [-0.15, -0.1) is 0 Å². The van der Waals surface area contributed by atoms with Gasteiger partial charge in [0.25, 0.3) is 0 Å². The van der Waals surface area contributed by atoms with Crippen molar-refractivity contribution in [1.82, 2.24) is 0 Å². The van der Waals surface area contributed by atoms with E-state index in [1.807, 2.05) is 19.1 Å². The molecule has 0 aromatic rings. The highest BCUT2D eigenvalue weighted by molar-refractivity contribution is 5.88. The van der Waals surface area contributed by atoms with Crippen LogP contribution in [-0.4, -0.2) is 28.7 Å². The fourth-order valence-corrected chi connectivity index (χ4v) is 3.21. The van der Waals surface area contributed by atoms with Crippen molar-refractivity contribution in [1.29, 1.82) is 0 Å². The summed E-state index contributed by atoms with van der Waals surface area (Å²) in [5.74, 6) is 0.245. The van der Waals surface area contributed by atoms with Crippen LogP contribution in [0.25, 0.3) is 0 Å². The van der Waals surface area contributed by atoms with E-state index in [0.717, 1.165) is 6.42 Å². The fraction of sp³-hybridized carbons (Fsp3) is 0.727. The van der Waals surface area contributed by atoms with Gasteiger partial charge in [0.1, 0.15) is 11.4 Å². The first-order valence-electron chi connectivity index (χ1n) is 5.17. The summed E-state index contributed by atoms with van der Waals surface area (Å²) in [5, 5.41) is 10.0. The van der Waals surface area contributed by atoms with E-state index in [-0.39, 0.29) is 11.9 Å². The normalized spacial score (nSPS) is 55.1. The summed E-state index contributed by atoms with van der Waals surface area (Å²) in [6.45, 7) is 1.93. The molecule has 3 aliphatic rings. The zero-order valence-electron chi connectivity index (χ0n) is 8.19. The number of Topliss-reactive ketones (excluding diaryl/α,β-unsaturated/α-hetero) is 1. The van der Waals surface area contributed by atoms with Crippen LogP contribution in [-0.2, 0) is 9.53 Å². The van der Waals surface area contributed by atoms with Crippen molar-refractivity contribution >= 4 is 5.78 Å². The van der Waals surface area contributed by atoms with Gasteiger partial charge >= 0.3 is 0 Å². The summed E-state index contributed by atoms with van der Waals surface area (Å²) in [5.41, 5.74) is -1.18. The fourth-order valence-electron chi connectivity index (χ4n) is 3.21. The Balaban J connectivity index is 2.14. The van der Waals surface area contributed by atoms with Crippen LogP contribution in [0.1, 0.15) is 26.2 Å². The second-order valence-corrected chi connectivity index (χ2v) is 4.82. The average molecular weight is 194 g/mol. The molecule has 3 nitrogen and oxygen atoms in total. The molecule has 14 heavy (non-hydrogen) atoms. The Morgan fingerprint density at radius 1 is 1.64 bits per heavy atom. The van der Waals surface area contributed by atoms with Gasteiger partial charge < -0.3 is 9.84 Å². The highest BCUT2D eigenvalue weighted by atomic mass is 16.5. The number of hydrogen-bond donors (Lipinski definition) is 1. The standard InChI is InChI=1S/C11H14O3/c1-10-6-7-4-5-11(10,14-7)9(13)3-2-8(10)12/h4-5,7,9,13H,2-3,6H2,1H3/t7-,9-,10+,11-/m0/s1. The topological polar surface area (TPSA) is 46.5 Å². The van der Waals surface area contributed by atoms with Gasteiger partial charge in [-0.05, 0) is 19.8 Å². The largest absolute Gasteiger partial charge is 0.390 e. The minimum Gasteiger partial charge on any atom is -0.390 e. The van der Waals surface area contributed by atoms with Gasteiger partial charge in [0.15, 0.2) is 0 Å². The number of carbonyl (C=O) groups is 1. The predicted molar refractivity (Wildman–Crippen MR) is 49.7 cm³/mol. The van der Waals surface area contributed by atoms with Gasteiger partial charge in [-0.25, -0.2) is 0 Å². The van der Waals surface area contributed by atoms with Crippen LogP contribution in [0.2, 0.25) is 0 Å². The van der Waals surface area contributed by atoms with Crippen molar-refractivity contribution in [2.75, 3.05) is 0 Å². The lowest BCUT2D eigenvalue weighted by molar-refractivity contribution is -0.158. The second-order valence-electron chi connectivity index (χ2n) is 4.82. The van der Waals surface area contributed by atoms with Crippen LogP contribution in [0.4, 0.5) is 0 Å². The molecule has 1 saturated heterocycles. The van der Waals surface area contributed by atoms with Crippen LogP contribution >= 0.6 is 0 Å². The molecule has 0 aromatic carbocycles. The molecule has 3 rings (SSSR count). The number of ketones is 1. The molecule has 0 amide bonds. The number of fused-ring (bicyclic) bond motifs is 1. The Morgan fingerprint density at radius 2 is 2.43 bits per heavy atom. The first-order valence-corrected chi connectivity index (χ1v) is 5.17. The van der Waals surface area contributed by atoms with Crippen LogP contribution < -0.4 is 0 Å². The summed E-state index contributed by atoms with van der Waals surface area (Å²) in [6, 6.07) is 0. The van der Waals surface area contributed by atoms with E-state index in [9.17, 15) is 9.90 Å². The smallest absolute Gasteiger partial charge is 0.142 e. The lowest BCUT2D eigenvalue weighted by Crippen LogP contribution is -2.58. The summed E-state index contributed by atoms with van der Waals surface area (Å²) in [4.78, 5) is 11.9. The van der Waals surface area contributed by atoms with E-state index in [0.29, 0.717) is 12.8 Å². The van der Waals surface area contributed by atoms with Crippen LogP contribution in [0.15, 0.2) is 12.2 Å². The maximum absolute atomic E-state index is 11.9. The highest BCUT2D eigenvalue weighted by Gasteiger charge is 2.66. The van der Waals surface area contributed by atoms with Crippen LogP contribution in [0, 0.1) is 5.41 Å². The van der Waals surface area contributed by atoms with Crippen molar-refractivity contribution < 1.29 is 14.6 Å². The molecule has 0 radical (unpaired) electrons. The monoisotopic (exact) mass is 194 g/mol. The van der Waals surface area contributed by atoms with Crippen molar-refractivity contribution in [3.05, 3.63) is 12.2 Å². The minimum absolute atomic E-state index is 0.0386. The number of carbonyl (C=O) groups excluding carboxylic acids is 1. The molecule has 2 fully saturated rings. The first kappa shape index (κ1) is 8.62. The number of aliphatic hydroxyl groups excluding tert-OH is 1. The van der Waals surface area contributed by atoms with Gasteiger partial charge in [-0.1, -0.05) is 12.2 Å². The molecule has 0 aromatic heterocycles. The Bertz CT molecular complexity index is 335. The van der Waals surface area contributed by atoms with E-state index in [2.05, 4.69) is 0 Å². The first-order chi connectivity index (χ1) is 6.58. The molecule has 2 aliphatic heterocycles. The number of aliphatic hydroxyl groups is 1. The SMILES string of the molecule is C[C@]12C[C@@H]3C=C[C@]1(O3)[C@@H](O)CCC2=O. The molecular weight excluding hydrogens is 180 g/mol. The van der Waals surface area contributed by atoms with Gasteiger partial charge in [0.2, 0.25) is 0 Å². The van der Waals surface area contributed by atoms with Gasteiger partial charge in [-0.2, -0.15) is 0 Å². The number of rotatable bonds is 0. The molecule has 1 aliphatic carbocycles. The molecule has 0 unspecified atom stereocenters. The molecule has 1 saturated carbocycles. The third-order valence-electron chi connectivity index (χ3n) is 4.13. The van der Waals surface area contributed by atoms with E-state index in [1.165, 1.54) is 0 Å². The minimum atomic E-state index is -0.701. The molecule has 1 spiro atoms. The zero-order valence-corrected chi connectivity index (χ0v) is 8.19. The van der Waals surface area contributed by atoms with Crippen molar-refractivity contribution in [2.24, 2.45) is 5.41 Å². The molecule has 2 heterocycles.